The number of likely N-dealkylation sites (tertiary alicyclic amines) is 2. The van der Waals surface area contributed by atoms with Gasteiger partial charge in [-0.05, 0) is 38.8 Å². The number of rotatable bonds is 5. The van der Waals surface area contributed by atoms with Crippen LogP contribution >= 0.6 is 0 Å². The van der Waals surface area contributed by atoms with E-state index in [0.29, 0.717) is 11.1 Å². The molecule has 2 aromatic carbocycles. The summed E-state index contributed by atoms with van der Waals surface area (Å²) in [4.78, 5) is 58.1. The highest BCUT2D eigenvalue weighted by Gasteiger charge is 2.74. The molecular formula is C29H32N2O5. The summed E-state index contributed by atoms with van der Waals surface area (Å²) in [5.74, 6) is -1.76. The van der Waals surface area contributed by atoms with Crippen LogP contribution < -0.4 is 0 Å². The van der Waals surface area contributed by atoms with Crippen molar-refractivity contribution < 1.29 is 23.9 Å². The fourth-order valence-electron chi connectivity index (χ4n) is 6.79. The molecule has 2 heterocycles. The van der Waals surface area contributed by atoms with Gasteiger partial charge in [0.05, 0.1) is 30.4 Å². The molecule has 1 spiro atoms. The number of fused-ring (bicyclic) bond motifs is 1. The van der Waals surface area contributed by atoms with E-state index in [-0.39, 0.29) is 43.6 Å². The van der Waals surface area contributed by atoms with E-state index >= 15 is 0 Å². The summed E-state index contributed by atoms with van der Waals surface area (Å²) in [5, 5.41) is 0. The van der Waals surface area contributed by atoms with Crippen LogP contribution in [0, 0.1) is 5.92 Å². The average molecular weight is 489 g/mol. The molecule has 2 amide bonds. The van der Waals surface area contributed by atoms with Crippen molar-refractivity contribution in [3.63, 3.8) is 0 Å². The van der Waals surface area contributed by atoms with Gasteiger partial charge in [0.15, 0.2) is 5.78 Å². The largest absolute Gasteiger partial charge is 0.466 e. The molecule has 1 aliphatic carbocycles. The van der Waals surface area contributed by atoms with Crippen LogP contribution in [-0.4, -0.2) is 57.6 Å². The molecule has 2 aromatic rings. The second-order valence-electron chi connectivity index (χ2n) is 10.9. The van der Waals surface area contributed by atoms with Gasteiger partial charge < -0.3 is 14.5 Å². The molecule has 36 heavy (non-hydrogen) atoms. The maximum Gasteiger partial charge on any atom is 0.306 e. The van der Waals surface area contributed by atoms with E-state index in [1.807, 2.05) is 63.2 Å². The third-order valence-electron chi connectivity index (χ3n) is 7.92. The molecule has 7 heteroatoms. The average Bonchev–Trinajstić information content (AvgIpc) is 3.23. The second-order valence-corrected chi connectivity index (χ2v) is 10.9. The first-order valence-electron chi connectivity index (χ1n) is 12.6. The molecule has 0 N–H and O–H groups in total. The quantitative estimate of drug-likeness (QED) is 0.602. The fourth-order valence-corrected chi connectivity index (χ4v) is 6.79. The van der Waals surface area contributed by atoms with Crippen molar-refractivity contribution in [2.75, 3.05) is 6.61 Å². The number of ketones is 1. The van der Waals surface area contributed by atoms with Gasteiger partial charge in [0, 0.05) is 24.1 Å². The molecule has 188 valence electrons. The molecule has 0 saturated carbocycles. The minimum atomic E-state index is -1.03. The number of ether oxygens (including phenoxy) is 1. The first-order chi connectivity index (χ1) is 17.1. The topological polar surface area (TPSA) is 84.0 Å². The van der Waals surface area contributed by atoms with Crippen LogP contribution in [0.2, 0.25) is 0 Å². The monoisotopic (exact) mass is 488 g/mol. The molecule has 2 fully saturated rings. The third kappa shape index (κ3) is 3.39. The van der Waals surface area contributed by atoms with Crippen LogP contribution in [0.15, 0.2) is 54.6 Å². The van der Waals surface area contributed by atoms with E-state index < -0.39 is 34.9 Å². The van der Waals surface area contributed by atoms with Crippen LogP contribution in [0.1, 0.15) is 62.0 Å². The number of carbonyl (C=O) groups excluding carboxylic acids is 4. The van der Waals surface area contributed by atoms with Crippen molar-refractivity contribution >= 4 is 23.6 Å². The van der Waals surface area contributed by atoms with Crippen LogP contribution in [0.4, 0.5) is 0 Å². The summed E-state index contributed by atoms with van der Waals surface area (Å²) in [5.41, 5.74) is 0.506. The van der Waals surface area contributed by atoms with E-state index in [1.165, 1.54) is 0 Å². The van der Waals surface area contributed by atoms with Gasteiger partial charge in [-0.3, -0.25) is 19.2 Å². The van der Waals surface area contributed by atoms with E-state index in [0.717, 1.165) is 5.56 Å². The lowest BCUT2D eigenvalue weighted by Crippen LogP contribution is -2.57. The van der Waals surface area contributed by atoms with Gasteiger partial charge in [-0.1, -0.05) is 54.6 Å². The Hall–Kier alpha value is -3.48. The molecule has 3 aliphatic rings. The minimum absolute atomic E-state index is 0.0484. The third-order valence-corrected chi connectivity index (χ3v) is 7.92. The number of carbonyl (C=O) groups is 4. The van der Waals surface area contributed by atoms with Gasteiger partial charge >= 0.3 is 5.97 Å². The highest BCUT2D eigenvalue weighted by atomic mass is 16.5. The van der Waals surface area contributed by atoms with Crippen molar-refractivity contribution in [1.82, 2.24) is 9.80 Å². The van der Waals surface area contributed by atoms with Gasteiger partial charge in [0.1, 0.15) is 6.04 Å². The molecule has 5 rings (SSSR count). The Morgan fingerprint density at radius 2 is 1.67 bits per heavy atom. The fraction of sp³-hybridized carbons (Fsp3) is 0.448. The van der Waals surface area contributed by atoms with Crippen LogP contribution in [-0.2, 0) is 31.1 Å². The Morgan fingerprint density at radius 1 is 1.00 bits per heavy atom. The molecule has 0 radical (unpaired) electrons. The molecule has 2 aliphatic heterocycles. The van der Waals surface area contributed by atoms with Crippen molar-refractivity contribution in [2.45, 2.75) is 70.1 Å². The molecular weight excluding hydrogens is 456 g/mol. The van der Waals surface area contributed by atoms with E-state index in [1.54, 1.807) is 28.9 Å². The molecule has 0 bridgehead atoms. The zero-order valence-electron chi connectivity index (χ0n) is 21.2. The number of nitrogens with zero attached hydrogens (tertiary/aromatic N) is 2. The predicted molar refractivity (Wildman–Crippen MR) is 133 cm³/mol. The van der Waals surface area contributed by atoms with Gasteiger partial charge in [0.2, 0.25) is 11.8 Å². The molecule has 7 nitrogen and oxygen atoms in total. The number of Topliss-reactive ketones (excluding diaryl/α,β-unsaturated/α-hetero) is 1. The summed E-state index contributed by atoms with van der Waals surface area (Å²) in [6, 6.07) is 15.5. The lowest BCUT2D eigenvalue weighted by Gasteiger charge is -2.47. The molecule has 2 saturated heterocycles. The van der Waals surface area contributed by atoms with E-state index in [2.05, 4.69) is 0 Å². The summed E-state index contributed by atoms with van der Waals surface area (Å²) in [6.07, 6.45) is -0.0267. The minimum Gasteiger partial charge on any atom is -0.466 e. The Labute approximate surface area is 211 Å². The Morgan fingerprint density at radius 3 is 2.33 bits per heavy atom. The Balaban J connectivity index is 1.76. The first-order valence-corrected chi connectivity index (χ1v) is 12.6. The highest BCUT2D eigenvalue weighted by Crippen LogP contribution is 2.59. The molecule has 4 atom stereocenters. The number of hydrogen-bond acceptors (Lipinski definition) is 5. The van der Waals surface area contributed by atoms with Crippen molar-refractivity contribution in [2.24, 2.45) is 5.92 Å². The summed E-state index contributed by atoms with van der Waals surface area (Å²) < 4.78 is 5.29. The molecule has 0 unspecified atom stereocenters. The van der Waals surface area contributed by atoms with Crippen LogP contribution in [0.25, 0.3) is 0 Å². The number of esters is 1. The second kappa shape index (κ2) is 8.57. The Kier molecular flexibility index (Phi) is 5.77. The smallest absolute Gasteiger partial charge is 0.306 e. The van der Waals surface area contributed by atoms with Crippen molar-refractivity contribution in [3.05, 3.63) is 71.3 Å². The lowest BCUT2D eigenvalue weighted by molar-refractivity contribution is -0.149. The van der Waals surface area contributed by atoms with Crippen LogP contribution in [0.3, 0.4) is 0 Å². The lowest BCUT2D eigenvalue weighted by atomic mass is 9.59. The Bertz CT molecular complexity index is 1230. The number of hydrogen-bond donors (Lipinski definition) is 0. The zero-order chi connectivity index (χ0) is 25.8. The normalized spacial score (nSPS) is 27.1. The summed E-state index contributed by atoms with van der Waals surface area (Å²) in [6.45, 7) is 8.04. The summed E-state index contributed by atoms with van der Waals surface area (Å²) >= 11 is 0. The number of benzene rings is 2. The summed E-state index contributed by atoms with van der Waals surface area (Å²) in [7, 11) is 0. The maximum atomic E-state index is 14.3. The van der Waals surface area contributed by atoms with Gasteiger partial charge in [0.25, 0.3) is 0 Å². The SMILES string of the molecule is CCOC(=O)C[C@@H]1C(=O)N(Cc2ccccc2)[C@H]2C(=O)N(C(C)(C)C)[C@@H]3CC(=O)c4ccccc4[C@@]123. The van der Waals surface area contributed by atoms with Crippen molar-refractivity contribution in [1.29, 1.82) is 0 Å². The highest BCUT2D eigenvalue weighted by molar-refractivity contribution is 6.07. The standard InChI is InChI=1S/C29H32N2O5/c1-5-36-24(33)15-21-26(34)30(17-18-11-7-6-8-12-18)25-27(35)31(28(2,3)4)23-16-22(32)19-13-9-10-14-20(19)29(21,23)25/h6-14,21,23,25H,5,15-17H2,1-4H3/t21-,23-,25+,29+/m1/s1. The number of amides is 2. The van der Waals surface area contributed by atoms with E-state index in [9.17, 15) is 19.2 Å². The van der Waals surface area contributed by atoms with Crippen LogP contribution in [0.5, 0.6) is 0 Å². The van der Waals surface area contributed by atoms with E-state index in [4.69, 9.17) is 4.74 Å². The van der Waals surface area contributed by atoms with Gasteiger partial charge in [-0.2, -0.15) is 0 Å². The first kappa shape index (κ1) is 24.2. The predicted octanol–water partition coefficient (Wildman–Crippen LogP) is 3.50. The van der Waals surface area contributed by atoms with Gasteiger partial charge in [-0.15, -0.1) is 0 Å². The maximum absolute atomic E-state index is 14.3. The zero-order valence-corrected chi connectivity index (χ0v) is 21.2. The molecule has 0 aromatic heterocycles. The van der Waals surface area contributed by atoms with Gasteiger partial charge in [-0.25, -0.2) is 0 Å². The van der Waals surface area contributed by atoms with Crippen molar-refractivity contribution in [3.8, 4) is 0 Å².